The van der Waals surface area contributed by atoms with E-state index in [4.69, 9.17) is 4.74 Å². The Morgan fingerprint density at radius 1 is 1.13 bits per heavy atom. The minimum atomic E-state index is -3.84. The molecule has 0 amide bonds. The summed E-state index contributed by atoms with van der Waals surface area (Å²) in [5, 5.41) is 2.81. The van der Waals surface area contributed by atoms with Crippen LogP contribution in [0, 0.1) is 11.6 Å². The first-order valence-corrected chi connectivity index (χ1v) is 11.5. The molecule has 0 heterocycles. The van der Waals surface area contributed by atoms with Gasteiger partial charge in [0.1, 0.15) is 29.7 Å². The Bertz CT molecular complexity index is 1100. The molecule has 2 N–H and O–H groups in total. The van der Waals surface area contributed by atoms with Gasteiger partial charge in [0.15, 0.2) is 0 Å². The Balaban J connectivity index is 2.05. The average Bonchev–Trinajstić information content (AvgIpc) is 3.51. The maximum atomic E-state index is 14.5. The average molecular weight is 449 g/mol. The van der Waals surface area contributed by atoms with Crippen LogP contribution >= 0.6 is 0 Å². The Kier molecular flexibility index (Phi) is 6.69. The second-order valence-corrected chi connectivity index (χ2v) is 9.58. The van der Waals surface area contributed by atoms with Gasteiger partial charge in [0, 0.05) is 6.07 Å². The molecular weight excluding hydrogens is 422 g/mol. The minimum Gasteiger partial charge on any atom is -0.487 e. The number of rotatable bonds is 11. The summed E-state index contributed by atoms with van der Waals surface area (Å²) in [5.74, 6) is -1.22. The minimum absolute atomic E-state index is 0.0116. The smallest absolute Gasteiger partial charge is 0.238 e. The number of hydrogen-bond donors (Lipinski definition) is 2. The molecule has 2 aromatic rings. The van der Waals surface area contributed by atoms with Gasteiger partial charge in [-0.05, 0) is 49.4 Å². The lowest BCUT2D eigenvalue weighted by Gasteiger charge is -2.22. The van der Waals surface area contributed by atoms with Gasteiger partial charge in [-0.2, -0.15) is 0 Å². The summed E-state index contributed by atoms with van der Waals surface area (Å²) in [6.45, 7) is 9.14. The Morgan fingerprint density at radius 2 is 1.87 bits per heavy atom. The maximum absolute atomic E-state index is 14.5. The Morgan fingerprint density at radius 3 is 2.45 bits per heavy atom. The summed E-state index contributed by atoms with van der Waals surface area (Å²) < 4.78 is 62.2. The SMILES string of the molecule is C=CCOc1cc(F)cc(Nc2ccc(CC)cc2F)c1NS(=O)(=O)C1(CC=C)CC1. The molecule has 0 aromatic heterocycles. The van der Waals surface area contributed by atoms with Crippen LogP contribution in [-0.4, -0.2) is 19.8 Å². The molecule has 0 bridgehead atoms. The van der Waals surface area contributed by atoms with Crippen LogP contribution in [0.5, 0.6) is 5.75 Å². The number of ether oxygens (including phenoxy) is 1. The number of aryl methyl sites for hydroxylation is 1. The van der Waals surface area contributed by atoms with E-state index in [1.54, 1.807) is 12.1 Å². The maximum Gasteiger partial charge on any atom is 0.238 e. The molecule has 0 radical (unpaired) electrons. The molecule has 2 aromatic carbocycles. The van der Waals surface area contributed by atoms with Crippen molar-refractivity contribution in [3.8, 4) is 5.75 Å². The Labute approximate surface area is 181 Å². The predicted molar refractivity (Wildman–Crippen MR) is 120 cm³/mol. The fraction of sp³-hybridized carbons (Fsp3) is 0.304. The molecule has 166 valence electrons. The summed E-state index contributed by atoms with van der Waals surface area (Å²) >= 11 is 0. The number of anilines is 3. The highest BCUT2D eigenvalue weighted by Gasteiger charge is 2.53. The van der Waals surface area contributed by atoms with Gasteiger partial charge in [-0.3, -0.25) is 4.72 Å². The highest BCUT2D eigenvalue weighted by molar-refractivity contribution is 7.94. The number of allylic oxidation sites excluding steroid dienone is 1. The van der Waals surface area contributed by atoms with E-state index in [9.17, 15) is 17.2 Å². The van der Waals surface area contributed by atoms with Gasteiger partial charge in [-0.15, -0.1) is 6.58 Å². The Hall–Kier alpha value is -2.87. The van der Waals surface area contributed by atoms with Crippen molar-refractivity contribution in [1.82, 2.24) is 0 Å². The first kappa shape index (κ1) is 22.8. The van der Waals surface area contributed by atoms with Gasteiger partial charge in [0.05, 0.1) is 16.1 Å². The number of halogens is 2. The topological polar surface area (TPSA) is 67.4 Å². The van der Waals surface area contributed by atoms with Crippen LogP contribution in [0.3, 0.4) is 0 Å². The van der Waals surface area contributed by atoms with E-state index in [1.165, 1.54) is 18.2 Å². The molecule has 0 spiro atoms. The third-order valence-electron chi connectivity index (χ3n) is 5.27. The molecule has 0 saturated heterocycles. The predicted octanol–water partition coefficient (Wildman–Crippen LogP) is 5.69. The highest BCUT2D eigenvalue weighted by Crippen LogP contribution is 2.49. The zero-order valence-corrected chi connectivity index (χ0v) is 18.2. The lowest BCUT2D eigenvalue weighted by Crippen LogP contribution is -2.29. The van der Waals surface area contributed by atoms with Crippen LogP contribution in [0.4, 0.5) is 25.8 Å². The van der Waals surface area contributed by atoms with Gasteiger partial charge in [-0.1, -0.05) is 31.7 Å². The van der Waals surface area contributed by atoms with Crippen molar-refractivity contribution in [1.29, 1.82) is 0 Å². The van der Waals surface area contributed by atoms with Crippen molar-refractivity contribution in [2.24, 2.45) is 0 Å². The van der Waals surface area contributed by atoms with E-state index >= 15 is 0 Å². The first-order valence-electron chi connectivity index (χ1n) is 10.0. The third-order valence-corrected chi connectivity index (χ3v) is 7.45. The van der Waals surface area contributed by atoms with Gasteiger partial charge < -0.3 is 10.1 Å². The molecule has 0 atom stereocenters. The summed E-state index contributed by atoms with van der Waals surface area (Å²) in [7, 11) is -3.84. The van der Waals surface area contributed by atoms with Gasteiger partial charge in [0.25, 0.3) is 0 Å². The molecule has 1 fully saturated rings. The van der Waals surface area contributed by atoms with Gasteiger partial charge in [-0.25, -0.2) is 17.2 Å². The van der Waals surface area contributed by atoms with E-state index in [0.717, 1.165) is 17.7 Å². The largest absolute Gasteiger partial charge is 0.487 e. The van der Waals surface area contributed by atoms with E-state index in [-0.39, 0.29) is 29.4 Å². The van der Waals surface area contributed by atoms with Crippen molar-refractivity contribution in [3.63, 3.8) is 0 Å². The van der Waals surface area contributed by atoms with Crippen LogP contribution in [-0.2, 0) is 16.4 Å². The lowest BCUT2D eigenvalue weighted by molar-refractivity contribution is 0.363. The highest BCUT2D eigenvalue weighted by atomic mass is 32.2. The quantitative estimate of drug-likeness (QED) is 0.434. The molecule has 3 rings (SSSR count). The van der Waals surface area contributed by atoms with Crippen LogP contribution in [0.2, 0.25) is 0 Å². The molecule has 0 unspecified atom stereocenters. The normalized spacial score (nSPS) is 14.5. The molecule has 1 aliphatic rings. The summed E-state index contributed by atoms with van der Waals surface area (Å²) in [4.78, 5) is 0. The van der Waals surface area contributed by atoms with Gasteiger partial charge >= 0.3 is 0 Å². The number of hydrogen-bond acceptors (Lipinski definition) is 4. The van der Waals surface area contributed by atoms with Crippen LogP contribution in [0.25, 0.3) is 0 Å². The molecule has 1 aliphatic carbocycles. The first-order chi connectivity index (χ1) is 14.7. The second-order valence-electron chi connectivity index (χ2n) is 7.50. The standard InChI is InChI=1S/C23H26F2N2O3S/c1-4-9-23(10-11-23)31(28,29)27-22-20(14-17(24)15-21(22)30-12-5-2)26-19-8-7-16(6-3)13-18(19)25/h4-5,7-8,13-15,26-27H,1-2,6,9-12H2,3H3. The van der Waals surface area contributed by atoms with Crippen molar-refractivity contribution in [3.05, 3.63) is 72.8 Å². The summed E-state index contributed by atoms with van der Waals surface area (Å²) in [6, 6.07) is 6.83. The fourth-order valence-electron chi connectivity index (χ4n) is 3.30. The van der Waals surface area contributed by atoms with Crippen molar-refractivity contribution >= 4 is 27.1 Å². The molecule has 5 nitrogen and oxygen atoms in total. The number of sulfonamides is 1. The van der Waals surface area contributed by atoms with E-state index in [0.29, 0.717) is 25.7 Å². The third kappa shape index (κ3) is 4.90. The molecule has 31 heavy (non-hydrogen) atoms. The van der Waals surface area contributed by atoms with E-state index < -0.39 is 26.4 Å². The molecule has 0 aliphatic heterocycles. The molecule has 1 saturated carbocycles. The van der Waals surface area contributed by atoms with Gasteiger partial charge in [0.2, 0.25) is 10.0 Å². The molecule has 8 heteroatoms. The zero-order chi connectivity index (χ0) is 22.6. The van der Waals surface area contributed by atoms with E-state index in [1.807, 2.05) is 6.92 Å². The van der Waals surface area contributed by atoms with Crippen LogP contribution in [0.1, 0.15) is 31.7 Å². The lowest BCUT2D eigenvalue weighted by atomic mass is 10.1. The summed E-state index contributed by atoms with van der Waals surface area (Å²) in [5.41, 5.74) is 0.946. The second kappa shape index (κ2) is 9.09. The fourth-order valence-corrected chi connectivity index (χ4v) is 4.97. The summed E-state index contributed by atoms with van der Waals surface area (Å²) in [6.07, 6.45) is 4.97. The zero-order valence-electron chi connectivity index (χ0n) is 17.4. The van der Waals surface area contributed by atoms with Crippen molar-refractivity contribution < 1.29 is 21.9 Å². The number of benzene rings is 2. The van der Waals surface area contributed by atoms with Crippen molar-refractivity contribution in [2.75, 3.05) is 16.6 Å². The number of nitrogens with one attached hydrogen (secondary N) is 2. The van der Waals surface area contributed by atoms with E-state index in [2.05, 4.69) is 23.2 Å². The van der Waals surface area contributed by atoms with Crippen LogP contribution < -0.4 is 14.8 Å². The monoisotopic (exact) mass is 448 g/mol. The molecular formula is C23H26F2N2O3S. The van der Waals surface area contributed by atoms with Crippen LogP contribution in [0.15, 0.2) is 55.6 Å². The van der Waals surface area contributed by atoms with Crippen molar-refractivity contribution in [2.45, 2.75) is 37.4 Å².